The van der Waals surface area contributed by atoms with Gasteiger partial charge in [-0.3, -0.25) is 4.79 Å². The molecule has 1 aliphatic heterocycles. The average Bonchev–Trinajstić information content (AvgIpc) is 2.76. The van der Waals surface area contributed by atoms with E-state index in [1.165, 1.54) is 11.3 Å². The van der Waals surface area contributed by atoms with Gasteiger partial charge in [-0.15, -0.1) is 22.6 Å². The summed E-state index contributed by atoms with van der Waals surface area (Å²) in [6.45, 7) is 1.97. The minimum absolute atomic E-state index is 0. The van der Waals surface area contributed by atoms with Crippen molar-refractivity contribution in [1.29, 1.82) is 0 Å². The molecule has 1 fully saturated rings. The van der Waals surface area contributed by atoms with Gasteiger partial charge in [0.25, 0.3) is 0 Å². The average molecular weight is 249 g/mol. The van der Waals surface area contributed by atoms with Crippen LogP contribution >= 0.6 is 23.7 Å². The van der Waals surface area contributed by atoms with Gasteiger partial charge in [0, 0.05) is 6.42 Å². The molecule has 0 bridgehead atoms. The number of anilines is 1. The lowest BCUT2D eigenvalue weighted by Gasteiger charge is -2.06. The molecule has 1 aromatic heterocycles. The SMILES string of the molecule is Cl.O=C(C[C@@H]1CCNC1)Nc1nncs1. The summed E-state index contributed by atoms with van der Waals surface area (Å²) in [5.74, 6) is 0.512. The molecule has 0 spiro atoms. The van der Waals surface area contributed by atoms with Crippen LogP contribution in [-0.4, -0.2) is 29.2 Å². The van der Waals surface area contributed by atoms with Crippen LogP contribution in [0.1, 0.15) is 12.8 Å². The van der Waals surface area contributed by atoms with E-state index >= 15 is 0 Å². The highest BCUT2D eigenvalue weighted by Gasteiger charge is 2.18. The van der Waals surface area contributed by atoms with Crippen LogP contribution in [0, 0.1) is 5.92 Å². The third-order valence-electron chi connectivity index (χ3n) is 2.24. The number of halogens is 1. The molecule has 1 aromatic rings. The molecule has 0 saturated carbocycles. The lowest BCUT2D eigenvalue weighted by Crippen LogP contribution is -2.18. The standard InChI is InChI=1S/C8H12N4OS.ClH/c13-7(3-6-1-2-9-4-6)11-8-12-10-5-14-8;/h5-6,9H,1-4H2,(H,11,12,13);1H/t6-;/m0./s1. The van der Waals surface area contributed by atoms with Crippen molar-refractivity contribution in [3.63, 3.8) is 0 Å². The maximum Gasteiger partial charge on any atom is 0.226 e. The number of rotatable bonds is 3. The zero-order valence-electron chi connectivity index (χ0n) is 8.10. The van der Waals surface area contributed by atoms with E-state index in [-0.39, 0.29) is 18.3 Å². The van der Waals surface area contributed by atoms with Gasteiger partial charge in [0.15, 0.2) is 0 Å². The first-order valence-corrected chi connectivity index (χ1v) is 5.49. The zero-order valence-corrected chi connectivity index (χ0v) is 9.74. The van der Waals surface area contributed by atoms with Crippen molar-refractivity contribution in [1.82, 2.24) is 15.5 Å². The molecule has 1 aliphatic rings. The monoisotopic (exact) mass is 248 g/mol. The molecular weight excluding hydrogens is 236 g/mol. The number of aromatic nitrogens is 2. The fourth-order valence-electron chi connectivity index (χ4n) is 1.55. The summed E-state index contributed by atoms with van der Waals surface area (Å²) >= 11 is 1.34. The fraction of sp³-hybridized carbons (Fsp3) is 0.625. The van der Waals surface area contributed by atoms with Gasteiger partial charge in [0.2, 0.25) is 11.0 Å². The van der Waals surface area contributed by atoms with E-state index < -0.39 is 0 Å². The van der Waals surface area contributed by atoms with Crippen LogP contribution < -0.4 is 10.6 Å². The largest absolute Gasteiger partial charge is 0.316 e. The summed E-state index contributed by atoms with van der Waals surface area (Å²) in [6, 6.07) is 0. The van der Waals surface area contributed by atoms with Crippen molar-refractivity contribution in [3.8, 4) is 0 Å². The van der Waals surface area contributed by atoms with E-state index in [2.05, 4.69) is 20.8 Å². The highest BCUT2D eigenvalue weighted by Crippen LogP contribution is 2.14. The Bertz CT molecular complexity index is 300. The minimum atomic E-state index is 0. The smallest absolute Gasteiger partial charge is 0.226 e. The van der Waals surface area contributed by atoms with E-state index in [9.17, 15) is 4.79 Å². The quantitative estimate of drug-likeness (QED) is 0.834. The predicted octanol–water partition coefficient (Wildman–Crippen LogP) is 0.898. The summed E-state index contributed by atoms with van der Waals surface area (Å²) in [6.07, 6.45) is 1.66. The summed E-state index contributed by atoms with van der Waals surface area (Å²) < 4.78 is 0. The van der Waals surface area contributed by atoms with Gasteiger partial charge in [0.05, 0.1) is 0 Å². The van der Waals surface area contributed by atoms with E-state index in [1.807, 2.05) is 0 Å². The molecule has 1 saturated heterocycles. The molecule has 2 rings (SSSR count). The summed E-state index contributed by atoms with van der Waals surface area (Å²) in [5, 5.41) is 13.9. The molecule has 1 amide bonds. The van der Waals surface area contributed by atoms with Gasteiger partial charge in [-0.05, 0) is 25.4 Å². The Morgan fingerprint density at radius 2 is 2.60 bits per heavy atom. The summed E-state index contributed by atoms with van der Waals surface area (Å²) in [4.78, 5) is 11.5. The summed E-state index contributed by atoms with van der Waals surface area (Å²) in [7, 11) is 0. The first-order chi connectivity index (χ1) is 6.84. The minimum Gasteiger partial charge on any atom is -0.316 e. The molecular formula is C8H13ClN4OS. The fourth-order valence-corrected chi connectivity index (χ4v) is 2.01. The van der Waals surface area contributed by atoms with E-state index in [0.29, 0.717) is 17.5 Å². The highest BCUT2D eigenvalue weighted by molar-refractivity contribution is 7.13. The molecule has 2 N–H and O–H groups in total. The topological polar surface area (TPSA) is 66.9 Å². The Morgan fingerprint density at radius 3 is 3.20 bits per heavy atom. The van der Waals surface area contributed by atoms with Crippen molar-refractivity contribution in [2.24, 2.45) is 5.92 Å². The van der Waals surface area contributed by atoms with Crippen LogP contribution in [0.15, 0.2) is 5.51 Å². The first-order valence-electron chi connectivity index (χ1n) is 4.61. The van der Waals surface area contributed by atoms with Crippen LogP contribution in [0.4, 0.5) is 5.13 Å². The maximum absolute atomic E-state index is 11.5. The molecule has 7 heteroatoms. The second-order valence-corrected chi connectivity index (χ2v) is 4.19. The Hall–Kier alpha value is -0.720. The van der Waals surface area contributed by atoms with Crippen LogP contribution in [0.2, 0.25) is 0 Å². The van der Waals surface area contributed by atoms with Crippen molar-refractivity contribution >= 4 is 34.8 Å². The van der Waals surface area contributed by atoms with Crippen molar-refractivity contribution in [3.05, 3.63) is 5.51 Å². The molecule has 2 heterocycles. The second kappa shape index (κ2) is 5.99. The van der Waals surface area contributed by atoms with E-state index in [0.717, 1.165) is 19.5 Å². The van der Waals surface area contributed by atoms with Crippen molar-refractivity contribution in [2.45, 2.75) is 12.8 Å². The van der Waals surface area contributed by atoms with Crippen LogP contribution in [0.25, 0.3) is 0 Å². The Balaban J connectivity index is 0.00000112. The molecule has 1 atom stereocenters. The molecule has 0 radical (unpaired) electrons. The molecule has 0 unspecified atom stereocenters. The number of amides is 1. The van der Waals surface area contributed by atoms with Gasteiger partial charge < -0.3 is 10.6 Å². The van der Waals surface area contributed by atoms with Crippen LogP contribution in [-0.2, 0) is 4.79 Å². The van der Waals surface area contributed by atoms with Crippen LogP contribution in [0.3, 0.4) is 0 Å². The summed E-state index contributed by atoms with van der Waals surface area (Å²) in [5.41, 5.74) is 1.60. The van der Waals surface area contributed by atoms with Crippen molar-refractivity contribution < 1.29 is 4.79 Å². The molecule has 0 aliphatic carbocycles. The molecule has 84 valence electrons. The zero-order chi connectivity index (χ0) is 9.80. The Labute approximate surface area is 98.1 Å². The highest BCUT2D eigenvalue weighted by atomic mass is 35.5. The number of hydrogen-bond donors (Lipinski definition) is 2. The van der Waals surface area contributed by atoms with E-state index in [1.54, 1.807) is 5.51 Å². The third kappa shape index (κ3) is 3.73. The molecule has 15 heavy (non-hydrogen) atoms. The number of carbonyl (C=O) groups is 1. The Kier molecular flexibility index (Phi) is 4.93. The number of hydrogen-bond acceptors (Lipinski definition) is 5. The third-order valence-corrected chi connectivity index (χ3v) is 2.85. The first kappa shape index (κ1) is 12.4. The van der Waals surface area contributed by atoms with Gasteiger partial charge in [-0.2, -0.15) is 0 Å². The number of nitrogens with one attached hydrogen (secondary N) is 2. The molecule has 5 nitrogen and oxygen atoms in total. The lowest BCUT2D eigenvalue weighted by molar-refractivity contribution is -0.116. The van der Waals surface area contributed by atoms with Gasteiger partial charge in [-0.25, -0.2) is 0 Å². The maximum atomic E-state index is 11.5. The van der Waals surface area contributed by atoms with Gasteiger partial charge >= 0.3 is 0 Å². The predicted molar refractivity (Wildman–Crippen MR) is 61.4 cm³/mol. The van der Waals surface area contributed by atoms with Gasteiger partial charge in [-0.1, -0.05) is 11.3 Å². The van der Waals surface area contributed by atoms with Crippen molar-refractivity contribution in [2.75, 3.05) is 18.4 Å². The molecule has 0 aromatic carbocycles. The Morgan fingerprint density at radius 1 is 1.73 bits per heavy atom. The van der Waals surface area contributed by atoms with E-state index in [4.69, 9.17) is 0 Å². The van der Waals surface area contributed by atoms with Crippen LogP contribution in [0.5, 0.6) is 0 Å². The number of carbonyl (C=O) groups excluding carboxylic acids is 1. The number of nitrogens with zero attached hydrogens (tertiary/aromatic N) is 2. The van der Waals surface area contributed by atoms with Gasteiger partial charge in [0.1, 0.15) is 5.51 Å². The normalized spacial score (nSPS) is 19.6. The lowest BCUT2D eigenvalue weighted by atomic mass is 10.1. The second-order valence-electron chi connectivity index (χ2n) is 3.36.